The lowest BCUT2D eigenvalue weighted by atomic mass is 10.0. The van der Waals surface area contributed by atoms with E-state index in [2.05, 4.69) is 13.8 Å². The lowest BCUT2D eigenvalue weighted by Crippen LogP contribution is -2.17. The van der Waals surface area contributed by atoms with Crippen molar-refractivity contribution in [2.24, 2.45) is 5.92 Å². The van der Waals surface area contributed by atoms with Crippen LogP contribution < -0.4 is 0 Å². The molecule has 0 aromatic carbocycles. The van der Waals surface area contributed by atoms with Gasteiger partial charge in [-0.25, -0.2) is 9.78 Å². The van der Waals surface area contributed by atoms with Crippen LogP contribution in [0, 0.1) is 5.92 Å². The Morgan fingerprint density at radius 1 is 1.29 bits per heavy atom. The van der Waals surface area contributed by atoms with Gasteiger partial charge in [-0.1, -0.05) is 33.1 Å². The average molecular weight is 204 g/mol. The maximum atomic E-state index is 8.69. The van der Waals surface area contributed by atoms with Crippen LogP contribution in [0.15, 0.2) is 0 Å². The van der Waals surface area contributed by atoms with Crippen LogP contribution in [0.25, 0.3) is 0 Å². The fraction of sp³-hybridized carbons (Fsp3) is 1.00. The Morgan fingerprint density at radius 2 is 2.00 bits per heavy atom. The fourth-order valence-electron chi connectivity index (χ4n) is 1.18. The van der Waals surface area contributed by atoms with Gasteiger partial charge < -0.3 is 5.11 Å². The van der Waals surface area contributed by atoms with Gasteiger partial charge in [0.15, 0.2) is 0 Å². The molecule has 0 rings (SSSR count). The summed E-state index contributed by atoms with van der Waals surface area (Å²) in [6.45, 7) is 6.79. The van der Waals surface area contributed by atoms with Gasteiger partial charge in [0.1, 0.15) is 6.10 Å². The normalized spacial score (nSPS) is 15.4. The van der Waals surface area contributed by atoms with Gasteiger partial charge in [-0.15, -0.1) is 0 Å². The van der Waals surface area contributed by atoms with E-state index in [0.29, 0.717) is 12.5 Å². The Hall–Kier alpha value is -0.120. The van der Waals surface area contributed by atoms with Crippen LogP contribution in [0.1, 0.15) is 46.5 Å². The summed E-state index contributed by atoms with van der Waals surface area (Å²) in [5, 5.41) is 8.69. The molecular weight excluding hydrogens is 180 g/mol. The summed E-state index contributed by atoms with van der Waals surface area (Å²) in [7, 11) is 0. The molecule has 14 heavy (non-hydrogen) atoms. The first-order valence-corrected chi connectivity index (χ1v) is 5.63. The number of aliphatic hydroxyl groups is 1. The maximum Gasteiger partial charge on any atom is 0.113 e. The van der Waals surface area contributed by atoms with E-state index in [1.54, 1.807) is 6.92 Å². The number of hydrogen-bond acceptors (Lipinski definition) is 3. The van der Waals surface area contributed by atoms with Crippen LogP contribution in [0.3, 0.4) is 0 Å². The highest BCUT2D eigenvalue weighted by molar-refractivity contribution is 4.54. The second-order valence-electron chi connectivity index (χ2n) is 3.79. The second-order valence-corrected chi connectivity index (χ2v) is 3.79. The molecule has 0 aromatic rings. The Kier molecular flexibility index (Phi) is 9.35. The van der Waals surface area contributed by atoms with Crippen LogP contribution in [-0.4, -0.2) is 24.4 Å². The average Bonchev–Trinajstić information content (AvgIpc) is 2.22. The predicted octanol–water partition coefficient (Wildman–Crippen LogP) is 2.53. The number of aliphatic hydroxyl groups excluding tert-OH is 1. The summed E-state index contributed by atoms with van der Waals surface area (Å²) < 4.78 is 0. The van der Waals surface area contributed by atoms with Crippen molar-refractivity contribution in [3.05, 3.63) is 0 Å². The highest BCUT2D eigenvalue weighted by Gasteiger charge is 2.07. The van der Waals surface area contributed by atoms with Crippen LogP contribution >= 0.6 is 0 Å². The van der Waals surface area contributed by atoms with Gasteiger partial charge >= 0.3 is 0 Å². The van der Waals surface area contributed by atoms with Gasteiger partial charge in [0.05, 0.1) is 13.2 Å². The molecule has 0 aromatic heterocycles. The zero-order valence-corrected chi connectivity index (χ0v) is 9.66. The van der Waals surface area contributed by atoms with Crippen molar-refractivity contribution < 1.29 is 14.9 Å². The molecule has 0 aliphatic heterocycles. The van der Waals surface area contributed by atoms with E-state index in [0.717, 1.165) is 6.42 Å². The van der Waals surface area contributed by atoms with Crippen molar-refractivity contribution in [2.75, 3.05) is 13.2 Å². The largest absolute Gasteiger partial charge is 0.394 e. The molecule has 0 radical (unpaired) electrons. The van der Waals surface area contributed by atoms with E-state index in [-0.39, 0.29) is 12.7 Å². The smallest absolute Gasteiger partial charge is 0.113 e. The lowest BCUT2D eigenvalue weighted by molar-refractivity contribution is -0.330. The third-order valence-electron chi connectivity index (χ3n) is 2.34. The van der Waals surface area contributed by atoms with Gasteiger partial charge in [0.25, 0.3) is 0 Å². The molecule has 0 fully saturated rings. The molecule has 0 saturated carbocycles. The van der Waals surface area contributed by atoms with Crippen molar-refractivity contribution in [2.45, 2.75) is 52.6 Å². The SMILES string of the molecule is CCCCC(CC)COOC(C)CO. The van der Waals surface area contributed by atoms with Crippen LogP contribution in [-0.2, 0) is 9.78 Å². The van der Waals surface area contributed by atoms with Crippen LogP contribution in [0.4, 0.5) is 0 Å². The Balaban J connectivity index is 3.42. The Bertz CT molecular complexity index is 117. The minimum absolute atomic E-state index is 0.00571. The molecule has 0 bridgehead atoms. The highest BCUT2D eigenvalue weighted by atomic mass is 17.2. The summed E-state index contributed by atoms with van der Waals surface area (Å²) >= 11 is 0. The molecule has 2 unspecified atom stereocenters. The van der Waals surface area contributed by atoms with Crippen molar-refractivity contribution in [3.8, 4) is 0 Å². The Morgan fingerprint density at radius 3 is 2.50 bits per heavy atom. The van der Waals surface area contributed by atoms with Crippen molar-refractivity contribution in [1.82, 2.24) is 0 Å². The third-order valence-corrected chi connectivity index (χ3v) is 2.34. The van der Waals surface area contributed by atoms with Gasteiger partial charge in [-0.05, 0) is 19.3 Å². The van der Waals surface area contributed by atoms with Crippen molar-refractivity contribution >= 4 is 0 Å². The van der Waals surface area contributed by atoms with E-state index in [9.17, 15) is 0 Å². The molecule has 86 valence electrons. The molecular formula is C11H24O3. The summed E-state index contributed by atoms with van der Waals surface area (Å²) in [6, 6.07) is 0. The van der Waals surface area contributed by atoms with Gasteiger partial charge in [0.2, 0.25) is 0 Å². The minimum atomic E-state index is -0.223. The van der Waals surface area contributed by atoms with E-state index in [1.165, 1.54) is 19.3 Å². The Labute approximate surface area is 87.3 Å². The first-order valence-electron chi connectivity index (χ1n) is 5.63. The quantitative estimate of drug-likeness (QED) is 0.463. The van der Waals surface area contributed by atoms with Crippen LogP contribution in [0.5, 0.6) is 0 Å². The molecule has 0 amide bonds. The molecule has 3 heteroatoms. The first kappa shape index (κ1) is 13.9. The molecule has 2 atom stereocenters. The van der Waals surface area contributed by atoms with Crippen molar-refractivity contribution in [1.29, 1.82) is 0 Å². The second kappa shape index (κ2) is 9.44. The summed E-state index contributed by atoms with van der Waals surface area (Å²) in [5.41, 5.74) is 0. The predicted molar refractivity (Wildman–Crippen MR) is 56.9 cm³/mol. The molecule has 0 saturated heterocycles. The van der Waals surface area contributed by atoms with Gasteiger partial charge in [-0.2, -0.15) is 0 Å². The minimum Gasteiger partial charge on any atom is -0.394 e. The summed E-state index contributed by atoms with van der Waals surface area (Å²) in [5.74, 6) is 0.584. The van der Waals surface area contributed by atoms with Crippen molar-refractivity contribution in [3.63, 3.8) is 0 Å². The third kappa shape index (κ3) is 7.30. The van der Waals surface area contributed by atoms with E-state index in [1.807, 2.05) is 0 Å². The monoisotopic (exact) mass is 204 g/mol. The van der Waals surface area contributed by atoms with Gasteiger partial charge in [0, 0.05) is 0 Å². The fourth-order valence-corrected chi connectivity index (χ4v) is 1.18. The zero-order valence-electron chi connectivity index (χ0n) is 9.66. The number of rotatable bonds is 9. The summed E-state index contributed by atoms with van der Waals surface area (Å²) in [6.07, 6.45) is 4.57. The van der Waals surface area contributed by atoms with E-state index in [4.69, 9.17) is 14.9 Å². The van der Waals surface area contributed by atoms with E-state index >= 15 is 0 Å². The highest BCUT2D eigenvalue weighted by Crippen LogP contribution is 2.13. The number of unbranched alkanes of at least 4 members (excludes halogenated alkanes) is 1. The number of hydrogen-bond donors (Lipinski definition) is 1. The lowest BCUT2D eigenvalue weighted by Gasteiger charge is -2.15. The molecule has 0 spiro atoms. The summed E-state index contributed by atoms with van der Waals surface area (Å²) in [4.78, 5) is 10.0. The molecule has 0 aliphatic carbocycles. The molecule has 1 N–H and O–H groups in total. The maximum absolute atomic E-state index is 8.69. The molecule has 3 nitrogen and oxygen atoms in total. The zero-order chi connectivity index (χ0) is 10.8. The molecule has 0 heterocycles. The van der Waals surface area contributed by atoms with E-state index < -0.39 is 0 Å². The first-order chi connectivity index (χ1) is 6.74. The standard InChI is InChI=1S/C11H24O3/c1-4-6-7-11(5-2)9-13-14-10(3)8-12/h10-12H,4-9H2,1-3H3. The molecule has 0 aliphatic rings. The van der Waals surface area contributed by atoms with Crippen LogP contribution in [0.2, 0.25) is 0 Å². The topological polar surface area (TPSA) is 38.7 Å². The van der Waals surface area contributed by atoms with Gasteiger partial charge in [-0.3, -0.25) is 0 Å².